The standard InChI is InChI=1S/C6H11N3O5/c7-9-8-2(1-10)5-3(11)4(12)6(13)14-5/h2-6,10-13H,1H2/t2?,3-,4-,5+,6-/m1/s1. The lowest BCUT2D eigenvalue weighted by atomic mass is 10.1. The maximum absolute atomic E-state index is 9.33. The van der Waals surface area contributed by atoms with Gasteiger partial charge in [-0.1, -0.05) is 5.11 Å². The number of ether oxygens (including phenoxy) is 1. The summed E-state index contributed by atoms with van der Waals surface area (Å²) in [6, 6.07) is -1.03. The molecule has 0 radical (unpaired) electrons. The summed E-state index contributed by atoms with van der Waals surface area (Å²) in [7, 11) is 0. The molecule has 0 bridgehead atoms. The molecule has 0 saturated carbocycles. The van der Waals surface area contributed by atoms with Gasteiger partial charge in [0, 0.05) is 4.91 Å². The lowest BCUT2D eigenvalue weighted by Gasteiger charge is -2.18. The van der Waals surface area contributed by atoms with Crippen LogP contribution in [0.3, 0.4) is 0 Å². The summed E-state index contributed by atoms with van der Waals surface area (Å²) in [4.78, 5) is 2.45. The molecule has 1 aliphatic rings. The molecule has 5 atom stereocenters. The second-order valence-corrected chi connectivity index (χ2v) is 2.93. The first-order valence-corrected chi connectivity index (χ1v) is 3.96. The highest BCUT2D eigenvalue weighted by molar-refractivity contribution is 4.93. The van der Waals surface area contributed by atoms with E-state index in [0.29, 0.717) is 0 Å². The van der Waals surface area contributed by atoms with Gasteiger partial charge >= 0.3 is 0 Å². The average Bonchev–Trinajstić information content (AvgIpc) is 2.42. The van der Waals surface area contributed by atoms with Crippen LogP contribution in [-0.4, -0.2) is 57.7 Å². The van der Waals surface area contributed by atoms with Crippen molar-refractivity contribution in [1.82, 2.24) is 0 Å². The Hall–Kier alpha value is -0.890. The van der Waals surface area contributed by atoms with Gasteiger partial charge in [-0.3, -0.25) is 0 Å². The van der Waals surface area contributed by atoms with Crippen molar-refractivity contribution in [1.29, 1.82) is 0 Å². The smallest absolute Gasteiger partial charge is 0.183 e. The third kappa shape index (κ3) is 1.95. The van der Waals surface area contributed by atoms with Crippen LogP contribution in [0.25, 0.3) is 10.4 Å². The van der Waals surface area contributed by atoms with E-state index >= 15 is 0 Å². The van der Waals surface area contributed by atoms with Gasteiger partial charge in [0.15, 0.2) is 6.29 Å². The third-order valence-electron chi connectivity index (χ3n) is 2.04. The number of rotatable bonds is 3. The summed E-state index contributed by atoms with van der Waals surface area (Å²) in [6.45, 7) is -0.536. The zero-order valence-corrected chi connectivity index (χ0v) is 7.13. The minimum Gasteiger partial charge on any atom is -0.396 e. The molecule has 8 nitrogen and oxygen atoms in total. The highest BCUT2D eigenvalue weighted by Crippen LogP contribution is 2.23. The van der Waals surface area contributed by atoms with Crippen LogP contribution in [0.5, 0.6) is 0 Å². The molecule has 0 aliphatic carbocycles. The minimum absolute atomic E-state index is 0.536. The zero-order chi connectivity index (χ0) is 10.7. The average molecular weight is 205 g/mol. The van der Waals surface area contributed by atoms with E-state index in [1.807, 2.05) is 0 Å². The van der Waals surface area contributed by atoms with Crippen molar-refractivity contribution >= 4 is 0 Å². The first-order chi connectivity index (χ1) is 6.61. The van der Waals surface area contributed by atoms with Gasteiger partial charge in [0.2, 0.25) is 0 Å². The predicted molar refractivity (Wildman–Crippen MR) is 42.9 cm³/mol. The zero-order valence-electron chi connectivity index (χ0n) is 7.13. The van der Waals surface area contributed by atoms with E-state index in [9.17, 15) is 5.11 Å². The Morgan fingerprint density at radius 1 is 1.36 bits per heavy atom. The number of aliphatic hydroxyl groups is 4. The Kier molecular flexibility index (Phi) is 3.64. The molecule has 0 aromatic rings. The maximum atomic E-state index is 9.33. The van der Waals surface area contributed by atoms with E-state index in [4.69, 9.17) is 25.6 Å². The fourth-order valence-electron chi connectivity index (χ4n) is 1.28. The second kappa shape index (κ2) is 4.56. The van der Waals surface area contributed by atoms with E-state index < -0.39 is 37.3 Å². The Morgan fingerprint density at radius 3 is 2.36 bits per heavy atom. The van der Waals surface area contributed by atoms with E-state index in [1.54, 1.807) is 0 Å². The van der Waals surface area contributed by atoms with E-state index in [-0.39, 0.29) is 0 Å². The van der Waals surface area contributed by atoms with Crippen molar-refractivity contribution in [3.8, 4) is 0 Å². The molecule has 80 valence electrons. The number of aliphatic hydroxyl groups excluding tert-OH is 4. The minimum atomic E-state index is -1.53. The number of hydrogen-bond acceptors (Lipinski definition) is 6. The van der Waals surface area contributed by atoms with E-state index in [0.717, 1.165) is 0 Å². The molecule has 1 unspecified atom stereocenters. The van der Waals surface area contributed by atoms with Gasteiger partial charge < -0.3 is 25.2 Å². The molecule has 0 spiro atoms. The highest BCUT2D eigenvalue weighted by Gasteiger charge is 2.45. The van der Waals surface area contributed by atoms with E-state index in [1.165, 1.54) is 0 Å². The summed E-state index contributed by atoms with van der Waals surface area (Å²) in [5.41, 5.74) is 8.13. The number of hydrogen-bond donors (Lipinski definition) is 4. The Morgan fingerprint density at radius 2 is 2.00 bits per heavy atom. The normalized spacial score (nSPS) is 39.1. The summed E-state index contributed by atoms with van der Waals surface area (Å²) in [6.07, 6.45) is -5.46. The van der Waals surface area contributed by atoms with Crippen LogP contribution in [0.15, 0.2) is 5.11 Å². The van der Waals surface area contributed by atoms with E-state index in [2.05, 4.69) is 10.0 Å². The monoisotopic (exact) mass is 205 g/mol. The lowest BCUT2D eigenvalue weighted by Crippen LogP contribution is -2.39. The first-order valence-electron chi connectivity index (χ1n) is 3.96. The summed E-state index contributed by atoms with van der Waals surface area (Å²) in [5.74, 6) is 0. The molecule has 1 fully saturated rings. The van der Waals surface area contributed by atoms with Crippen molar-refractivity contribution in [2.75, 3.05) is 6.61 Å². The summed E-state index contributed by atoms with van der Waals surface area (Å²) < 4.78 is 4.72. The highest BCUT2D eigenvalue weighted by atomic mass is 16.6. The molecular weight excluding hydrogens is 194 g/mol. The Bertz CT molecular complexity index is 244. The molecule has 1 saturated heterocycles. The maximum Gasteiger partial charge on any atom is 0.183 e. The third-order valence-corrected chi connectivity index (χ3v) is 2.04. The molecule has 1 aliphatic heterocycles. The van der Waals surface area contributed by atoms with Crippen LogP contribution in [-0.2, 0) is 4.74 Å². The van der Waals surface area contributed by atoms with Crippen LogP contribution in [0.2, 0.25) is 0 Å². The predicted octanol–water partition coefficient (Wildman–Crippen LogP) is -1.90. The van der Waals surface area contributed by atoms with Gasteiger partial charge in [-0.25, -0.2) is 0 Å². The van der Waals surface area contributed by atoms with Crippen molar-refractivity contribution in [2.45, 2.75) is 30.6 Å². The van der Waals surface area contributed by atoms with Crippen molar-refractivity contribution < 1.29 is 25.2 Å². The van der Waals surface area contributed by atoms with Gasteiger partial charge in [-0.2, -0.15) is 0 Å². The van der Waals surface area contributed by atoms with Crippen molar-refractivity contribution in [3.05, 3.63) is 10.4 Å². The molecule has 0 aromatic carbocycles. The van der Waals surface area contributed by atoms with Crippen LogP contribution >= 0.6 is 0 Å². The fraction of sp³-hybridized carbons (Fsp3) is 1.00. The molecule has 1 rings (SSSR count). The lowest BCUT2D eigenvalue weighted by molar-refractivity contribution is -0.131. The summed E-state index contributed by atoms with van der Waals surface area (Å²) in [5, 5.41) is 39.4. The topological polar surface area (TPSA) is 139 Å². The molecule has 14 heavy (non-hydrogen) atoms. The van der Waals surface area contributed by atoms with Crippen LogP contribution in [0, 0.1) is 0 Å². The molecule has 4 N–H and O–H groups in total. The van der Waals surface area contributed by atoms with Crippen LogP contribution in [0.1, 0.15) is 0 Å². The van der Waals surface area contributed by atoms with Crippen LogP contribution in [0.4, 0.5) is 0 Å². The SMILES string of the molecule is [N-]=[N+]=NC(CO)[C@@H]1O[C@@H](O)[C@H](O)[C@H]1O. The number of azide groups is 1. The van der Waals surface area contributed by atoms with Crippen molar-refractivity contribution in [2.24, 2.45) is 5.11 Å². The largest absolute Gasteiger partial charge is 0.396 e. The van der Waals surface area contributed by atoms with Gasteiger partial charge in [-0.15, -0.1) is 0 Å². The molecular formula is C6H11N3O5. The molecule has 0 aromatic heterocycles. The molecule has 0 amide bonds. The van der Waals surface area contributed by atoms with Gasteiger partial charge in [0.25, 0.3) is 0 Å². The first kappa shape index (κ1) is 11.2. The van der Waals surface area contributed by atoms with Crippen molar-refractivity contribution in [3.63, 3.8) is 0 Å². The van der Waals surface area contributed by atoms with Gasteiger partial charge in [0.05, 0.1) is 12.6 Å². The van der Waals surface area contributed by atoms with Gasteiger partial charge in [-0.05, 0) is 5.53 Å². The van der Waals surface area contributed by atoms with Crippen LogP contribution < -0.4 is 0 Å². The second-order valence-electron chi connectivity index (χ2n) is 2.93. The number of nitrogens with zero attached hydrogens (tertiary/aromatic N) is 3. The molecule has 1 heterocycles. The Balaban J connectivity index is 2.73. The molecule has 8 heteroatoms. The van der Waals surface area contributed by atoms with Gasteiger partial charge in [0.1, 0.15) is 18.3 Å². The summed E-state index contributed by atoms with van der Waals surface area (Å²) >= 11 is 0. The Labute approximate surface area is 79.0 Å². The fourth-order valence-corrected chi connectivity index (χ4v) is 1.28. The quantitative estimate of drug-likeness (QED) is 0.242.